The Labute approximate surface area is 102 Å². The van der Waals surface area contributed by atoms with E-state index < -0.39 is 5.41 Å². The largest absolute Gasteiger partial charge is 0.369 e. The van der Waals surface area contributed by atoms with Crippen LogP contribution in [-0.2, 0) is 9.59 Å². The molecular weight excluding hydrogens is 218 g/mol. The first-order chi connectivity index (χ1) is 7.85. The molecule has 1 saturated heterocycles. The summed E-state index contributed by atoms with van der Waals surface area (Å²) < 4.78 is 0. The van der Waals surface area contributed by atoms with Crippen molar-refractivity contribution < 1.29 is 9.59 Å². The molecule has 1 saturated carbocycles. The van der Waals surface area contributed by atoms with Crippen molar-refractivity contribution in [1.82, 2.24) is 4.90 Å². The molecule has 0 aromatic carbocycles. The maximum Gasteiger partial charge on any atom is 0.225 e. The van der Waals surface area contributed by atoms with E-state index in [9.17, 15) is 9.59 Å². The quantitative estimate of drug-likeness (QED) is 0.725. The number of rotatable bonds is 3. The summed E-state index contributed by atoms with van der Waals surface area (Å²) in [4.78, 5) is 25.1. The zero-order valence-corrected chi connectivity index (χ0v) is 10.4. The van der Waals surface area contributed by atoms with Crippen molar-refractivity contribution in [1.29, 1.82) is 0 Å². The third kappa shape index (κ3) is 2.29. The minimum Gasteiger partial charge on any atom is -0.369 e. The molecule has 2 aliphatic rings. The number of nitrogens with two attached hydrogens (primary N) is 2. The van der Waals surface area contributed by atoms with E-state index in [1.54, 1.807) is 4.90 Å². The van der Waals surface area contributed by atoms with Gasteiger partial charge in [-0.05, 0) is 32.6 Å². The van der Waals surface area contributed by atoms with Gasteiger partial charge in [0.2, 0.25) is 11.8 Å². The number of amides is 2. The van der Waals surface area contributed by atoms with Crippen LogP contribution in [0.25, 0.3) is 0 Å². The van der Waals surface area contributed by atoms with Crippen molar-refractivity contribution in [2.75, 3.05) is 13.1 Å². The van der Waals surface area contributed by atoms with E-state index in [0.717, 1.165) is 19.3 Å². The van der Waals surface area contributed by atoms with Crippen molar-refractivity contribution in [3.8, 4) is 0 Å². The maximum atomic E-state index is 12.1. The first-order valence-electron chi connectivity index (χ1n) is 6.21. The molecule has 0 aromatic rings. The minimum absolute atomic E-state index is 0.0668. The first-order valence-corrected chi connectivity index (χ1v) is 6.21. The van der Waals surface area contributed by atoms with Crippen LogP contribution in [0.1, 0.15) is 39.0 Å². The Balaban J connectivity index is 1.92. The van der Waals surface area contributed by atoms with Gasteiger partial charge < -0.3 is 16.4 Å². The van der Waals surface area contributed by atoms with Crippen LogP contribution in [0.3, 0.4) is 0 Å². The zero-order valence-electron chi connectivity index (χ0n) is 10.4. The van der Waals surface area contributed by atoms with Crippen molar-refractivity contribution in [2.45, 2.75) is 44.6 Å². The van der Waals surface area contributed by atoms with Crippen LogP contribution in [0.15, 0.2) is 0 Å². The fourth-order valence-corrected chi connectivity index (χ4v) is 2.60. The molecule has 0 radical (unpaired) electrons. The zero-order chi connectivity index (χ0) is 12.7. The summed E-state index contributed by atoms with van der Waals surface area (Å²) in [5, 5.41) is 0. The highest BCUT2D eigenvalue weighted by molar-refractivity contribution is 5.84. The number of carbonyl (C=O) groups excluding carboxylic acids is 2. The van der Waals surface area contributed by atoms with E-state index >= 15 is 0 Å². The molecule has 2 amide bonds. The summed E-state index contributed by atoms with van der Waals surface area (Å²) in [7, 11) is 0. The Kier molecular flexibility index (Phi) is 2.89. The normalized spacial score (nSPS) is 31.1. The Morgan fingerprint density at radius 3 is 2.35 bits per heavy atom. The fraction of sp³-hybridized carbons (Fsp3) is 0.833. The van der Waals surface area contributed by atoms with Crippen molar-refractivity contribution >= 4 is 11.8 Å². The van der Waals surface area contributed by atoms with Gasteiger partial charge in [-0.25, -0.2) is 0 Å². The van der Waals surface area contributed by atoms with Gasteiger partial charge in [-0.3, -0.25) is 9.59 Å². The number of primary amides is 1. The Morgan fingerprint density at radius 1 is 1.29 bits per heavy atom. The highest BCUT2D eigenvalue weighted by atomic mass is 16.2. The van der Waals surface area contributed by atoms with Crippen LogP contribution in [0, 0.1) is 5.41 Å². The van der Waals surface area contributed by atoms with E-state index in [-0.39, 0.29) is 17.4 Å². The molecular formula is C12H21N3O2. The Morgan fingerprint density at radius 2 is 1.94 bits per heavy atom. The number of likely N-dealkylation sites (tertiary alicyclic amines) is 1. The van der Waals surface area contributed by atoms with Crippen LogP contribution in [-0.4, -0.2) is 35.3 Å². The summed E-state index contributed by atoms with van der Waals surface area (Å²) >= 11 is 0. The third-order valence-corrected chi connectivity index (χ3v) is 4.27. The van der Waals surface area contributed by atoms with Gasteiger partial charge in [0.15, 0.2) is 0 Å². The average molecular weight is 239 g/mol. The lowest BCUT2D eigenvalue weighted by Crippen LogP contribution is -2.50. The number of hydrogen-bond donors (Lipinski definition) is 2. The van der Waals surface area contributed by atoms with E-state index in [4.69, 9.17) is 11.5 Å². The summed E-state index contributed by atoms with van der Waals surface area (Å²) in [6.45, 7) is 2.88. The second-order valence-corrected chi connectivity index (χ2v) is 5.88. The van der Waals surface area contributed by atoms with Crippen LogP contribution < -0.4 is 11.5 Å². The molecule has 17 heavy (non-hydrogen) atoms. The molecule has 1 aliphatic carbocycles. The molecule has 1 heterocycles. The van der Waals surface area contributed by atoms with Gasteiger partial charge in [0, 0.05) is 25.0 Å². The SMILES string of the molecule is CC1(C(N)=O)CCN(C(=O)CC2(N)CCC2)C1. The first kappa shape index (κ1) is 12.4. The van der Waals surface area contributed by atoms with Crippen molar-refractivity contribution in [3.63, 3.8) is 0 Å². The number of nitrogens with zero attached hydrogens (tertiary/aromatic N) is 1. The lowest BCUT2D eigenvalue weighted by atomic mass is 9.75. The number of hydrogen-bond acceptors (Lipinski definition) is 3. The molecule has 0 bridgehead atoms. The molecule has 4 N–H and O–H groups in total. The standard InChI is InChI=1S/C12H21N3O2/c1-11(10(13)17)5-6-15(8-11)9(16)7-12(14)3-2-4-12/h2-8,14H2,1H3,(H2,13,17). The van der Waals surface area contributed by atoms with Gasteiger partial charge >= 0.3 is 0 Å². The average Bonchev–Trinajstić information content (AvgIpc) is 2.60. The van der Waals surface area contributed by atoms with E-state index in [1.807, 2.05) is 6.92 Å². The van der Waals surface area contributed by atoms with Gasteiger partial charge in [0.1, 0.15) is 0 Å². The highest BCUT2D eigenvalue weighted by Gasteiger charge is 2.43. The maximum absolute atomic E-state index is 12.1. The molecule has 96 valence electrons. The van der Waals surface area contributed by atoms with Gasteiger partial charge in [-0.1, -0.05) is 0 Å². The molecule has 5 heteroatoms. The Bertz CT molecular complexity index is 352. The van der Waals surface area contributed by atoms with E-state index in [2.05, 4.69) is 0 Å². The molecule has 2 fully saturated rings. The van der Waals surface area contributed by atoms with E-state index in [0.29, 0.717) is 25.9 Å². The van der Waals surface area contributed by atoms with Crippen molar-refractivity contribution in [3.05, 3.63) is 0 Å². The minimum atomic E-state index is -0.558. The molecule has 1 unspecified atom stereocenters. The number of carbonyl (C=O) groups is 2. The summed E-state index contributed by atoms with van der Waals surface area (Å²) in [5.74, 6) is -0.254. The van der Waals surface area contributed by atoms with E-state index in [1.165, 1.54) is 0 Å². The molecule has 2 rings (SSSR count). The van der Waals surface area contributed by atoms with Crippen LogP contribution >= 0.6 is 0 Å². The predicted octanol–water partition coefficient (Wildman–Crippen LogP) is -0.0182. The Hall–Kier alpha value is -1.10. The third-order valence-electron chi connectivity index (χ3n) is 4.27. The van der Waals surface area contributed by atoms with Crippen LogP contribution in [0.4, 0.5) is 0 Å². The summed E-state index contributed by atoms with van der Waals surface area (Å²) in [6.07, 6.45) is 4.04. The van der Waals surface area contributed by atoms with Gasteiger partial charge in [-0.2, -0.15) is 0 Å². The second-order valence-electron chi connectivity index (χ2n) is 5.88. The lowest BCUT2D eigenvalue weighted by molar-refractivity contribution is -0.133. The van der Waals surface area contributed by atoms with Gasteiger partial charge in [0.25, 0.3) is 0 Å². The smallest absolute Gasteiger partial charge is 0.225 e. The molecule has 1 aliphatic heterocycles. The van der Waals surface area contributed by atoms with Gasteiger partial charge in [0.05, 0.1) is 5.41 Å². The van der Waals surface area contributed by atoms with Crippen molar-refractivity contribution in [2.24, 2.45) is 16.9 Å². The predicted molar refractivity (Wildman–Crippen MR) is 63.9 cm³/mol. The van der Waals surface area contributed by atoms with Gasteiger partial charge in [-0.15, -0.1) is 0 Å². The van der Waals surface area contributed by atoms with Crippen LogP contribution in [0.2, 0.25) is 0 Å². The lowest BCUT2D eigenvalue weighted by Gasteiger charge is -2.38. The molecule has 0 aromatic heterocycles. The molecule has 0 spiro atoms. The highest BCUT2D eigenvalue weighted by Crippen LogP contribution is 2.35. The van der Waals surface area contributed by atoms with Crippen LogP contribution in [0.5, 0.6) is 0 Å². The molecule has 1 atom stereocenters. The monoisotopic (exact) mass is 239 g/mol. The molecule has 5 nitrogen and oxygen atoms in total. The summed E-state index contributed by atoms with van der Waals surface area (Å²) in [5.41, 5.74) is 10.6. The second kappa shape index (κ2) is 3.98. The summed E-state index contributed by atoms with van der Waals surface area (Å²) in [6, 6.07) is 0. The topological polar surface area (TPSA) is 89.4 Å². The fourth-order valence-electron chi connectivity index (χ4n) is 2.60.